The van der Waals surface area contributed by atoms with Crippen LogP contribution >= 0.6 is 0 Å². The molecule has 0 spiro atoms. The molecule has 0 radical (unpaired) electrons. The second-order valence-corrected chi connectivity index (χ2v) is 4.14. The van der Waals surface area contributed by atoms with Gasteiger partial charge in [-0.3, -0.25) is 4.79 Å². The summed E-state index contributed by atoms with van der Waals surface area (Å²) in [5.74, 6) is 0.711. The van der Waals surface area contributed by atoms with Crippen molar-refractivity contribution in [3.8, 4) is 5.75 Å². The number of phenolic OH excluding ortho intramolecular Hbond substituents is 1. The maximum absolute atomic E-state index is 11.6. The molecule has 1 atom stereocenters. The summed E-state index contributed by atoms with van der Waals surface area (Å²) in [6.07, 6.45) is 2.41. The molecule has 1 amide bonds. The van der Waals surface area contributed by atoms with Gasteiger partial charge in [-0.15, -0.1) is 6.58 Å². The van der Waals surface area contributed by atoms with Gasteiger partial charge in [-0.2, -0.15) is 0 Å². The highest BCUT2D eigenvalue weighted by Gasteiger charge is 2.27. The molecular formula is C13H15NO2. The summed E-state index contributed by atoms with van der Waals surface area (Å²) in [5, 5.41) is 9.16. The number of amides is 1. The second-order valence-electron chi connectivity index (χ2n) is 4.14. The van der Waals surface area contributed by atoms with Crippen LogP contribution in [0.15, 0.2) is 36.9 Å². The number of carbonyl (C=O) groups is 1. The summed E-state index contributed by atoms with van der Waals surface area (Å²) in [5.41, 5.74) is 1.04. The van der Waals surface area contributed by atoms with Gasteiger partial charge in [0, 0.05) is 25.4 Å². The number of likely N-dealkylation sites (tertiary alicyclic amines) is 1. The van der Waals surface area contributed by atoms with E-state index in [1.807, 2.05) is 23.1 Å². The van der Waals surface area contributed by atoms with E-state index in [2.05, 4.69) is 6.58 Å². The van der Waals surface area contributed by atoms with E-state index in [9.17, 15) is 4.79 Å². The minimum Gasteiger partial charge on any atom is -0.508 e. The predicted octanol–water partition coefficient (Wildman–Crippen LogP) is 1.93. The number of hydrogen-bond acceptors (Lipinski definition) is 2. The Bertz CT molecular complexity index is 397. The fraction of sp³-hybridized carbons (Fsp3) is 0.308. The number of rotatable bonds is 3. The summed E-state index contributed by atoms with van der Waals surface area (Å²) in [6.45, 7) is 5.09. The van der Waals surface area contributed by atoms with Gasteiger partial charge in [0.05, 0.1) is 0 Å². The van der Waals surface area contributed by atoms with E-state index in [0.717, 1.165) is 12.1 Å². The van der Waals surface area contributed by atoms with Gasteiger partial charge in [-0.25, -0.2) is 0 Å². The lowest BCUT2D eigenvalue weighted by molar-refractivity contribution is -0.128. The van der Waals surface area contributed by atoms with Gasteiger partial charge in [0.25, 0.3) is 0 Å². The molecule has 1 heterocycles. The van der Waals surface area contributed by atoms with Gasteiger partial charge in [0.1, 0.15) is 5.75 Å². The number of carbonyl (C=O) groups excluding carboxylic acids is 1. The molecule has 0 saturated carbocycles. The van der Waals surface area contributed by atoms with E-state index in [1.54, 1.807) is 12.1 Å². The van der Waals surface area contributed by atoms with Crippen molar-refractivity contribution < 1.29 is 9.90 Å². The van der Waals surface area contributed by atoms with Crippen molar-refractivity contribution in [2.24, 2.45) is 5.92 Å². The summed E-state index contributed by atoms with van der Waals surface area (Å²) in [7, 11) is 0. The van der Waals surface area contributed by atoms with Crippen LogP contribution in [0.3, 0.4) is 0 Å². The summed E-state index contributed by atoms with van der Waals surface area (Å²) in [4.78, 5) is 13.5. The van der Waals surface area contributed by atoms with Crippen molar-refractivity contribution in [2.45, 2.75) is 13.0 Å². The van der Waals surface area contributed by atoms with Crippen LogP contribution in [0.2, 0.25) is 0 Å². The van der Waals surface area contributed by atoms with E-state index >= 15 is 0 Å². The third-order valence-corrected chi connectivity index (χ3v) is 2.89. The first-order valence-corrected chi connectivity index (χ1v) is 5.37. The van der Waals surface area contributed by atoms with Crippen molar-refractivity contribution in [1.82, 2.24) is 4.90 Å². The van der Waals surface area contributed by atoms with Crippen molar-refractivity contribution >= 4 is 5.91 Å². The summed E-state index contributed by atoms with van der Waals surface area (Å²) < 4.78 is 0. The maximum Gasteiger partial charge on any atom is 0.223 e. The molecule has 1 unspecified atom stereocenters. The topological polar surface area (TPSA) is 40.5 Å². The minimum atomic E-state index is 0.179. The largest absolute Gasteiger partial charge is 0.508 e. The van der Waals surface area contributed by atoms with Gasteiger partial charge in [0.2, 0.25) is 5.91 Å². The lowest BCUT2D eigenvalue weighted by Crippen LogP contribution is -2.24. The quantitative estimate of drug-likeness (QED) is 0.786. The zero-order chi connectivity index (χ0) is 11.5. The number of aromatic hydroxyl groups is 1. The van der Waals surface area contributed by atoms with Crippen LogP contribution in [-0.2, 0) is 11.3 Å². The fourth-order valence-corrected chi connectivity index (χ4v) is 1.94. The third kappa shape index (κ3) is 2.24. The molecular weight excluding hydrogens is 202 g/mol. The fourth-order valence-electron chi connectivity index (χ4n) is 1.94. The van der Waals surface area contributed by atoms with E-state index in [1.165, 1.54) is 0 Å². The molecule has 0 aromatic heterocycles. The molecule has 1 aromatic rings. The first kappa shape index (κ1) is 10.7. The van der Waals surface area contributed by atoms with Gasteiger partial charge in [-0.1, -0.05) is 18.2 Å². The molecule has 1 aliphatic rings. The summed E-state index contributed by atoms with van der Waals surface area (Å²) >= 11 is 0. The van der Waals surface area contributed by atoms with Crippen LogP contribution in [0, 0.1) is 5.92 Å². The number of hydrogen-bond donors (Lipinski definition) is 1. The van der Waals surface area contributed by atoms with Crippen molar-refractivity contribution in [1.29, 1.82) is 0 Å². The molecule has 84 valence electrons. The van der Waals surface area contributed by atoms with Gasteiger partial charge < -0.3 is 10.0 Å². The average molecular weight is 217 g/mol. The zero-order valence-corrected chi connectivity index (χ0v) is 9.10. The Kier molecular flexibility index (Phi) is 2.95. The SMILES string of the molecule is C=CC1CC(=O)N(Cc2ccc(O)cc2)C1. The maximum atomic E-state index is 11.6. The molecule has 2 rings (SSSR count). The van der Waals surface area contributed by atoms with Gasteiger partial charge in [-0.05, 0) is 17.7 Å². The normalized spacial score (nSPS) is 20.1. The number of phenols is 1. The molecule has 1 saturated heterocycles. The van der Waals surface area contributed by atoms with Gasteiger partial charge >= 0.3 is 0 Å². The standard InChI is InChI=1S/C13H15NO2/c1-2-10-7-13(16)14(8-10)9-11-3-5-12(15)6-4-11/h2-6,10,15H,1,7-9H2. The Morgan fingerprint density at radius 1 is 1.44 bits per heavy atom. The van der Waals surface area contributed by atoms with Crippen LogP contribution in [-0.4, -0.2) is 22.5 Å². The smallest absolute Gasteiger partial charge is 0.223 e. The molecule has 16 heavy (non-hydrogen) atoms. The Morgan fingerprint density at radius 3 is 2.69 bits per heavy atom. The van der Waals surface area contributed by atoms with Crippen LogP contribution in [0.25, 0.3) is 0 Å². The summed E-state index contributed by atoms with van der Waals surface area (Å²) in [6, 6.07) is 6.95. The number of nitrogens with zero attached hydrogens (tertiary/aromatic N) is 1. The van der Waals surface area contributed by atoms with Crippen molar-refractivity contribution in [2.75, 3.05) is 6.54 Å². The first-order chi connectivity index (χ1) is 7.69. The highest BCUT2D eigenvalue weighted by atomic mass is 16.3. The average Bonchev–Trinajstić information content (AvgIpc) is 2.63. The Balaban J connectivity index is 2.02. The highest BCUT2D eigenvalue weighted by molar-refractivity contribution is 5.79. The van der Waals surface area contributed by atoms with E-state index in [0.29, 0.717) is 13.0 Å². The van der Waals surface area contributed by atoms with Crippen LogP contribution in [0.1, 0.15) is 12.0 Å². The van der Waals surface area contributed by atoms with E-state index < -0.39 is 0 Å². The Labute approximate surface area is 95.0 Å². The molecule has 3 nitrogen and oxygen atoms in total. The highest BCUT2D eigenvalue weighted by Crippen LogP contribution is 2.21. The molecule has 1 fully saturated rings. The predicted molar refractivity (Wildman–Crippen MR) is 61.8 cm³/mol. The second kappa shape index (κ2) is 4.39. The van der Waals surface area contributed by atoms with Gasteiger partial charge in [0.15, 0.2) is 0 Å². The Morgan fingerprint density at radius 2 is 2.12 bits per heavy atom. The van der Waals surface area contributed by atoms with Crippen LogP contribution in [0.5, 0.6) is 5.75 Å². The zero-order valence-electron chi connectivity index (χ0n) is 9.10. The Hall–Kier alpha value is -1.77. The van der Waals surface area contributed by atoms with Crippen LogP contribution in [0.4, 0.5) is 0 Å². The van der Waals surface area contributed by atoms with Crippen LogP contribution < -0.4 is 0 Å². The molecule has 1 aliphatic heterocycles. The monoisotopic (exact) mass is 217 g/mol. The minimum absolute atomic E-state index is 0.179. The number of benzene rings is 1. The van der Waals surface area contributed by atoms with E-state index in [-0.39, 0.29) is 17.6 Å². The molecule has 3 heteroatoms. The molecule has 0 bridgehead atoms. The molecule has 1 N–H and O–H groups in total. The van der Waals surface area contributed by atoms with Crippen molar-refractivity contribution in [3.05, 3.63) is 42.5 Å². The lowest BCUT2D eigenvalue weighted by Gasteiger charge is -2.16. The first-order valence-electron chi connectivity index (χ1n) is 5.37. The third-order valence-electron chi connectivity index (χ3n) is 2.89. The van der Waals surface area contributed by atoms with Crippen molar-refractivity contribution in [3.63, 3.8) is 0 Å². The molecule has 0 aliphatic carbocycles. The molecule has 1 aromatic carbocycles. The lowest BCUT2D eigenvalue weighted by atomic mass is 10.1. The van der Waals surface area contributed by atoms with E-state index in [4.69, 9.17) is 5.11 Å².